The number of fused-ring (bicyclic) bond motifs is 1. The van der Waals surface area contributed by atoms with Gasteiger partial charge in [0, 0.05) is 44.3 Å². The van der Waals surface area contributed by atoms with E-state index in [0.717, 1.165) is 48.7 Å². The molecule has 3 heterocycles. The van der Waals surface area contributed by atoms with Gasteiger partial charge in [-0.2, -0.15) is 0 Å². The Bertz CT molecular complexity index is 1310. The van der Waals surface area contributed by atoms with Gasteiger partial charge in [-0.1, -0.05) is 18.2 Å². The summed E-state index contributed by atoms with van der Waals surface area (Å²) in [7, 11) is 1.60. The number of hydrogen-bond donors (Lipinski definition) is 1. The van der Waals surface area contributed by atoms with Crippen LogP contribution in [0.25, 0.3) is 22.1 Å². The second-order valence-electron chi connectivity index (χ2n) is 8.11. The van der Waals surface area contributed by atoms with Crippen LogP contribution in [0.5, 0.6) is 11.5 Å². The standard InChI is InChI=1S/C26H25N3O4/c1-32-20-8-5-18(6-9-20)21-16-19-7-10-23(30)22(25(19)33-26(21)31)17-28-12-14-29(15-13-28)24-4-2-3-11-27-24/h2-11,16,30H,12-15,17H2,1H3. The average molecular weight is 444 g/mol. The molecule has 0 saturated carbocycles. The van der Waals surface area contributed by atoms with E-state index < -0.39 is 5.63 Å². The van der Waals surface area contributed by atoms with E-state index in [1.54, 1.807) is 25.4 Å². The Balaban J connectivity index is 1.40. The van der Waals surface area contributed by atoms with Crippen molar-refractivity contribution in [3.8, 4) is 22.6 Å². The van der Waals surface area contributed by atoms with Gasteiger partial charge in [0.15, 0.2) is 0 Å². The molecule has 2 aromatic carbocycles. The van der Waals surface area contributed by atoms with Crippen LogP contribution in [-0.2, 0) is 6.54 Å². The highest BCUT2D eigenvalue weighted by Gasteiger charge is 2.21. The van der Waals surface area contributed by atoms with Crippen LogP contribution >= 0.6 is 0 Å². The number of phenols is 1. The highest BCUT2D eigenvalue weighted by Crippen LogP contribution is 2.31. The average Bonchev–Trinajstić information content (AvgIpc) is 2.87. The Morgan fingerprint density at radius 2 is 1.82 bits per heavy atom. The van der Waals surface area contributed by atoms with Crippen molar-refractivity contribution >= 4 is 16.8 Å². The van der Waals surface area contributed by atoms with Crippen LogP contribution in [0, 0.1) is 0 Å². The van der Waals surface area contributed by atoms with Gasteiger partial charge in [0.2, 0.25) is 0 Å². The number of piperazine rings is 1. The van der Waals surface area contributed by atoms with Crippen molar-refractivity contribution < 1.29 is 14.3 Å². The first-order chi connectivity index (χ1) is 16.1. The first-order valence-electron chi connectivity index (χ1n) is 10.9. The number of anilines is 1. The van der Waals surface area contributed by atoms with Gasteiger partial charge in [0.25, 0.3) is 0 Å². The fourth-order valence-electron chi connectivity index (χ4n) is 4.26. The fraction of sp³-hybridized carbons (Fsp3) is 0.231. The lowest BCUT2D eigenvalue weighted by Crippen LogP contribution is -2.46. The maximum absolute atomic E-state index is 12.8. The summed E-state index contributed by atoms with van der Waals surface area (Å²) in [5.74, 6) is 1.83. The molecule has 4 aromatic rings. The zero-order valence-electron chi connectivity index (χ0n) is 18.4. The predicted molar refractivity (Wildman–Crippen MR) is 128 cm³/mol. The Morgan fingerprint density at radius 1 is 1.03 bits per heavy atom. The Morgan fingerprint density at radius 3 is 2.52 bits per heavy atom. The molecule has 0 spiro atoms. The number of hydrogen-bond acceptors (Lipinski definition) is 7. The Hall–Kier alpha value is -3.84. The van der Waals surface area contributed by atoms with E-state index in [1.165, 1.54) is 0 Å². The minimum absolute atomic E-state index is 0.134. The van der Waals surface area contributed by atoms with Crippen molar-refractivity contribution in [2.45, 2.75) is 6.54 Å². The van der Waals surface area contributed by atoms with Gasteiger partial charge in [-0.15, -0.1) is 0 Å². The number of aromatic hydroxyl groups is 1. The second kappa shape index (κ2) is 8.96. The van der Waals surface area contributed by atoms with Gasteiger partial charge >= 0.3 is 5.63 Å². The van der Waals surface area contributed by atoms with Crippen LogP contribution in [-0.4, -0.2) is 48.3 Å². The molecule has 1 fully saturated rings. The number of pyridine rings is 1. The molecule has 0 atom stereocenters. The smallest absolute Gasteiger partial charge is 0.344 e. The van der Waals surface area contributed by atoms with Crippen LogP contribution in [0.2, 0.25) is 0 Å². The third-order valence-electron chi connectivity index (χ3n) is 6.11. The zero-order valence-corrected chi connectivity index (χ0v) is 18.4. The lowest BCUT2D eigenvalue weighted by Gasteiger charge is -2.35. The van der Waals surface area contributed by atoms with Gasteiger partial charge in [-0.05, 0) is 48.0 Å². The number of aromatic nitrogens is 1. The van der Waals surface area contributed by atoms with Crippen molar-refractivity contribution in [1.29, 1.82) is 0 Å². The highest BCUT2D eigenvalue weighted by atomic mass is 16.5. The van der Waals surface area contributed by atoms with Gasteiger partial charge in [0.05, 0.1) is 18.2 Å². The molecule has 0 unspecified atom stereocenters. The van der Waals surface area contributed by atoms with Crippen LogP contribution < -0.4 is 15.3 Å². The quantitative estimate of drug-likeness (QED) is 0.469. The summed E-state index contributed by atoms with van der Waals surface area (Å²) in [6, 6.07) is 18.5. The molecule has 0 amide bonds. The number of ether oxygens (including phenoxy) is 1. The predicted octanol–water partition coefficient (Wildman–Crippen LogP) is 3.89. The van der Waals surface area contributed by atoms with E-state index in [4.69, 9.17) is 9.15 Å². The molecule has 1 N–H and O–H groups in total. The molecule has 168 valence electrons. The van der Waals surface area contributed by atoms with Gasteiger partial charge in [-0.25, -0.2) is 9.78 Å². The number of methoxy groups -OCH3 is 1. The van der Waals surface area contributed by atoms with E-state index in [1.807, 2.05) is 48.5 Å². The van der Waals surface area contributed by atoms with Gasteiger partial charge in [-0.3, -0.25) is 4.90 Å². The maximum atomic E-state index is 12.8. The molecule has 0 aliphatic carbocycles. The molecule has 0 radical (unpaired) electrons. The van der Waals surface area contributed by atoms with E-state index >= 15 is 0 Å². The topological polar surface area (TPSA) is 79.0 Å². The first-order valence-corrected chi connectivity index (χ1v) is 10.9. The van der Waals surface area contributed by atoms with Crippen LogP contribution in [0.15, 0.2) is 76.1 Å². The summed E-state index contributed by atoms with van der Waals surface area (Å²) in [6.07, 6.45) is 1.80. The summed E-state index contributed by atoms with van der Waals surface area (Å²) < 4.78 is 11.0. The molecular formula is C26H25N3O4. The maximum Gasteiger partial charge on any atom is 0.344 e. The summed E-state index contributed by atoms with van der Waals surface area (Å²) in [4.78, 5) is 21.8. The number of nitrogens with zero attached hydrogens (tertiary/aromatic N) is 3. The van der Waals surface area contributed by atoms with Crippen molar-refractivity contribution in [2.75, 3.05) is 38.2 Å². The minimum atomic E-state index is -0.431. The lowest BCUT2D eigenvalue weighted by molar-refractivity contribution is 0.246. The van der Waals surface area contributed by atoms with E-state index in [9.17, 15) is 9.90 Å². The molecule has 0 bridgehead atoms. The molecule has 7 nitrogen and oxygen atoms in total. The van der Waals surface area contributed by atoms with E-state index in [0.29, 0.717) is 23.3 Å². The molecular weight excluding hydrogens is 418 g/mol. The molecule has 2 aromatic heterocycles. The summed E-state index contributed by atoms with van der Waals surface area (Å²) in [5, 5.41) is 11.4. The first kappa shape index (κ1) is 21.0. The Labute approximate surface area is 191 Å². The van der Waals surface area contributed by atoms with Crippen molar-refractivity contribution in [3.05, 3.63) is 82.8 Å². The highest BCUT2D eigenvalue weighted by molar-refractivity contribution is 5.85. The third-order valence-corrected chi connectivity index (χ3v) is 6.11. The van der Waals surface area contributed by atoms with Gasteiger partial charge < -0.3 is 19.2 Å². The van der Waals surface area contributed by atoms with Crippen molar-refractivity contribution in [2.24, 2.45) is 0 Å². The molecule has 5 rings (SSSR count). The minimum Gasteiger partial charge on any atom is -0.507 e. The Kier molecular flexibility index (Phi) is 5.71. The third kappa shape index (κ3) is 4.27. The normalized spacial score (nSPS) is 14.5. The number of rotatable bonds is 5. The van der Waals surface area contributed by atoms with Gasteiger partial charge in [0.1, 0.15) is 22.9 Å². The summed E-state index contributed by atoms with van der Waals surface area (Å²) in [5.41, 5.74) is 1.87. The molecule has 7 heteroatoms. The SMILES string of the molecule is COc1ccc(-c2cc3ccc(O)c(CN4CCN(c5ccccn5)CC4)c3oc2=O)cc1. The van der Waals surface area contributed by atoms with Crippen molar-refractivity contribution in [3.63, 3.8) is 0 Å². The van der Waals surface area contributed by atoms with Crippen LogP contribution in [0.4, 0.5) is 5.82 Å². The summed E-state index contributed by atoms with van der Waals surface area (Å²) in [6.45, 7) is 3.83. The van der Waals surface area contributed by atoms with E-state index in [2.05, 4.69) is 14.8 Å². The zero-order chi connectivity index (χ0) is 22.8. The molecule has 1 saturated heterocycles. The largest absolute Gasteiger partial charge is 0.507 e. The lowest BCUT2D eigenvalue weighted by atomic mass is 10.0. The second-order valence-corrected chi connectivity index (χ2v) is 8.11. The van der Waals surface area contributed by atoms with Crippen molar-refractivity contribution in [1.82, 2.24) is 9.88 Å². The number of benzene rings is 2. The van der Waals surface area contributed by atoms with Crippen LogP contribution in [0.1, 0.15) is 5.56 Å². The number of phenolic OH excluding ortho intramolecular Hbond substituents is 1. The monoisotopic (exact) mass is 443 g/mol. The molecule has 1 aliphatic heterocycles. The molecule has 1 aliphatic rings. The van der Waals surface area contributed by atoms with Crippen LogP contribution in [0.3, 0.4) is 0 Å². The van der Waals surface area contributed by atoms with E-state index in [-0.39, 0.29) is 5.75 Å². The fourth-order valence-corrected chi connectivity index (χ4v) is 4.26. The summed E-state index contributed by atoms with van der Waals surface area (Å²) >= 11 is 0. The molecule has 33 heavy (non-hydrogen) atoms.